The summed E-state index contributed by atoms with van der Waals surface area (Å²) in [6.45, 7) is 5.34. The average molecular weight is 346 g/mol. The molecule has 1 aromatic heterocycles. The zero-order valence-electron chi connectivity index (χ0n) is 15.3. The van der Waals surface area contributed by atoms with Gasteiger partial charge >= 0.3 is 0 Å². The standard InChI is InChI=1S/C22H26N4/c1-18-3-2-4-22(15-18)25-12-9-20(10-13-25)24-16-19-5-7-21(8-6-19)26-14-11-23-17-26/h2-8,11,14-15,17,20,24H,9-10,12-13,16H2,1H3. The normalized spacial score (nSPS) is 15.3. The third-order valence-electron chi connectivity index (χ3n) is 5.20. The predicted molar refractivity (Wildman–Crippen MR) is 107 cm³/mol. The molecule has 2 heterocycles. The summed E-state index contributed by atoms with van der Waals surface area (Å²) in [5.74, 6) is 0. The Balaban J connectivity index is 1.27. The van der Waals surface area contributed by atoms with E-state index >= 15 is 0 Å². The van der Waals surface area contributed by atoms with Crippen molar-refractivity contribution in [3.8, 4) is 5.69 Å². The van der Waals surface area contributed by atoms with Crippen LogP contribution < -0.4 is 10.2 Å². The van der Waals surface area contributed by atoms with Crippen LogP contribution in [0.2, 0.25) is 0 Å². The van der Waals surface area contributed by atoms with Gasteiger partial charge in [0.25, 0.3) is 0 Å². The van der Waals surface area contributed by atoms with E-state index in [1.54, 1.807) is 6.20 Å². The van der Waals surface area contributed by atoms with Crippen LogP contribution >= 0.6 is 0 Å². The van der Waals surface area contributed by atoms with Crippen molar-refractivity contribution in [3.63, 3.8) is 0 Å². The maximum absolute atomic E-state index is 4.10. The molecule has 0 spiro atoms. The molecule has 1 aliphatic rings. The first-order valence-electron chi connectivity index (χ1n) is 9.40. The Morgan fingerprint density at radius 2 is 1.85 bits per heavy atom. The first-order chi connectivity index (χ1) is 12.8. The summed E-state index contributed by atoms with van der Waals surface area (Å²) in [6.07, 6.45) is 7.99. The van der Waals surface area contributed by atoms with Gasteiger partial charge < -0.3 is 14.8 Å². The molecule has 26 heavy (non-hydrogen) atoms. The predicted octanol–water partition coefficient (Wildman–Crippen LogP) is 3.94. The lowest BCUT2D eigenvalue weighted by molar-refractivity contribution is 0.414. The largest absolute Gasteiger partial charge is 0.371 e. The van der Waals surface area contributed by atoms with Crippen LogP contribution in [-0.2, 0) is 6.54 Å². The van der Waals surface area contributed by atoms with Crippen molar-refractivity contribution in [2.24, 2.45) is 0 Å². The SMILES string of the molecule is Cc1cccc(N2CCC(NCc3ccc(-n4ccnc4)cc3)CC2)c1. The van der Waals surface area contributed by atoms with Crippen LogP contribution in [0.5, 0.6) is 0 Å². The van der Waals surface area contributed by atoms with Gasteiger partial charge in [-0.3, -0.25) is 0 Å². The molecule has 4 heteroatoms. The molecule has 1 N–H and O–H groups in total. The Morgan fingerprint density at radius 3 is 2.54 bits per heavy atom. The minimum Gasteiger partial charge on any atom is -0.371 e. The highest BCUT2D eigenvalue weighted by atomic mass is 15.1. The third kappa shape index (κ3) is 3.97. The lowest BCUT2D eigenvalue weighted by atomic mass is 10.0. The van der Waals surface area contributed by atoms with Gasteiger partial charge in [0.1, 0.15) is 0 Å². The zero-order chi connectivity index (χ0) is 17.8. The average Bonchev–Trinajstić information content (AvgIpc) is 3.22. The van der Waals surface area contributed by atoms with Crippen molar-refractivity contribution < 1.29 is 0 Å². The van der Waals surface area contributed by atoms with Crippen LogP contribution in [0.1, 0.15) is 24.0 Å². The molecule has 0 radical (unpaired) electrons. The fraction of sp³-hybridized carbons (Fsp3) is 0.318. The van der Waals surface area contributed by atoms with Crippen LogP contribution in [0, 0.1) is 6.92 Å². The maximum atomic E-state index is 4.10. The summed E-state index contributed by atoms with van der Waals surface area (Å²) in [4.78, 5) is 6.60. The fourth-order valence-electron chi connectivity index (χ4n) is 3.63. The van der Waals surface area contributed by atoms with Crippen molar-refractivity contribution in [1.29, 1.82) is 0 Å². The third-order valence-corrected chi connectivity index (χ3v) is 5.20. The lowest BCUT2D eigenvalue weighted by Gasteiger charge is -2.34. The number of benzene rings is 2. The molecule has 2 aromatic carbocycles. The van der Waals surface area contributed by atoms with E-state index < -0.39 is 0 Å². The van der Waals surface area contributed by atoms with E-state index in [1.807, 2.05) is 17.1 Å². The van der Waals surface area contributed by atoms with E-state index in [2.05, 4.69) is 70.7 Å². The molecule has 1 saturated heterocycles. The van der Waals surface area contributed by atoms with Crippen LogP contribution in [0.15, 0.2) is 67.3 Å². The molecule has 134 valence electrons. The molecule has 1 aliphatic heterocycles. The first-order valence-corrected chi connectivity index (χ1v) is 9.40. The number of nitrogens with zero attached hydrogens (tertiary/aromatic N) is 3. The molecular formula is C22H26N4. The first kappa shape index (κ1) is 16.9. The summed E-state index contributed by atoms with van der Waals surface area (Å²) >= 11 is 0. The second kappa shape index (κ2) is 7.75. The monoisotopic (exact) mass is 346 g/mol. The van der Waals surface area contributed by atoms with E-state index in [9.17, 15) is 0 Å². The number of rotatable bonds is 5. The molecule has 4 nitrogen and oxygen atoms in total. The van der Waals surface area contributed by atoms with Gasteiger partial charge in [-0.05, 0) is 55.2 Å². The van der Waals surface area contributed by atoms with Crippen LogP contribution in [0.4, 0.5) is 5.69 Å². The van der Waals surface area contributed by atoms with Crippen molar-refractivity contribution in [2.45, 2.75) is 32.4 Å². The molecule has 0 bridgehead atoms. The summed E-state index contributed by atoms with van der Waals surface area (Å²) in [5, 5.41) is 3.73. The van der Waals surface area contributed by atoms with Crippen molar-refractivity contribution >= 4 is 5.69 Å². The topological polar surface area (TPSA) is 33.1 Å². The quantitative estimate of drug-likeness (QED) is 0.760. The smallest absolute Gasteiger partial charge is 0.0991 e. The van der Waals surface area contributed by atoms with Crippen LogP contribution in [0.3, 0.4) is 0 Å². The van der Waals surface area contributed by atoms with Crippen molar-refractivity contribution in [1.82, 2.24) is 14.9 Å². The zero-order valence-corrected chi connectivity index (χ0v) is 15.3. The minimum absolute atomic E-state index is 0.601. The second-order valence-electron chi connectivity index (χ2n) is 7.12. The van der Waals surface area contributed by atoms with E-state index in [1.165, 1.54) is 29.7 Å². The van der Waals surface area contributed by atoms with Crippen LogP contribution in [-0.4, -0.2) is 28.7 Å². The van der Waals surface area contributed by atoms with Gasteiger partial charge in [0.15, 0.2) is 0 Å². The molecule has 3 aromatic rings. The number of aromatic nitrogens is 2. The number of anilines is 1. The molecule has 0 unspecified atom stereocenters. The molecule has 0 saturated carbocycles. The van der Waals surface area contributed by atoms with Crippen molar-refractivity contribution in [3.05, 3.63) is 78.4 Å². The Hall–Kier alpha value is -2.59. The van der Waals surface area contributed by atoms with Gasteiger partial charge in [0.05, 0.1) is 6.33 Å². The molecule has 0 atom stereocenters. The van der Waals surface area contributed by atoms with E-state index in [0.29, 0.717) is 6.04 Å². The Labute approximate surface area is 155 Å². The lowest BCUT2D eigenvalue weighted by Crippen LogP contribution is -2.42. The van der Waals surface area contributed by atoms with Gasteiger partial charge in [-0.1, -0.05) is 24.3 Å². The second-order valence-corrected chi connectivity index (χ2v) is 7.12. The van der Waals surface area contributed by atoms with Gasteiger partial charge in [-0.25, -0.2) is 4.98 Å². The molecule has 0 amide bonds. The maximum Gasteiger partial charge on any atom is 0.0991 e. The van der Waals surface area contributed by atoms with Gasteiger partial charge in [-0.15, -0.1) is 0 Å². The van der Waals surface area contributed by atoms with Crippen LogP contribution in [0.25, 0.3) is 5.69 Å². The minimum atomic E-state index is 0.601. The van der Waals surface area contributed by atoms with E-state index in [-0.39, 0.29) is 0 Å². The summed E-state index contributed by atoms with van der Waals surface area (Å²) < 4.78 is 2.03. The number of piperidine rings is 1. The highest BCUT2D eigenvalue weighted by Gasteiger charge is 2.19. The number of nitrogens with one attached hydrogen (secondary N) is 1. The fourth-order valence-corrected chi connectivity index (χ4v) is 3.63. The molecule has 1 fully saturated rings. The van der Waals surface area contributed by atoms with E-state index in [4.69, 9.17) is 0 Å². The molecule has 4 rings (SSSR count). The molecule has 0 aliphatic carbocycles. The molecular weight excluding hydrogens is 320 g/mol. The number of aryl methyl sites for hydroxylation is 1. The summed E-state index contributed by atoms with van der Waals surface area (Å²) in [5.41, 5.74) is 5.17. The number of hydrogen-bond donors (Lipinski definition) is 1. The Kier molecular flexibility index (Phi) is 5.02. The summed E-state index contributed by atoms with van der Waals surface area (Å²) in [6, 6.07) is 18.1. The number of imidazole rings is 1. The highest BCUT2D eigenvalue weighted by molar-refractivity contribution is 5.48. The number of hydrogen-bond acceptors (Lipinski definition) is 3. The van der Waals surface area contributed by atoms with Gasteiger partial charge in [-0.2, -0.15) is 0 Å². The van der Waals surface area contributed by atoms with Gasteiger partial charge in [0, 0.05) is 49.4 Å². The highest BCUT2D eigenvalue weighted by Crippen LogP contribution is 2.21. The summed E-state index contributed by atoms with van der Waals surface area (Å²) in [7, 11) is 0. The van der Waals surface area contributed by atoms with Crippen molar-refractivity contribution in [2.75, 3.05) is 18.0 Å². The van der Waals surface area contributed by atoms with Gasteiger partial charge in [0.2, 0.25) is 0 Å². The Bertz CT molecular complexity index is 816. The Morgan fingerprint density at radius 1 is 1.04 bits per heavy atom. The van der Waals surface area contributed by atoms with E-state index in [0.717, 1.165) is 25.3 Å².